The van der Waals surface area contributed by atoms with Gasteiger partial charge >= 0.3 is 0 Å². The molecule has 21 heavy (non-hydrogen) atoms. The fraction of sp³-hybridized carbons (Fsp3) is 0.667. The number of nitrogens with zero attached hydrogens (tertiary/aromatic N) is 3. The van der Waals surface area contributed by atoms with E-state index >= 15 is 0 Å². The van der Waals surface area contributed by atoms with E-state index in [0.29, 0.717) is 6.04 Å². The van der Waals surface area contributed by atoms with Gasteiger partial charge in [-0.25, -0.2) is 4.98 Å². The maximum Gasteiger partial charge on any atom is 0.195 e. The zero-order valence-corrected chi connectivity index (χ0v) is 13.8. The Morgan fingerprint density at radius 1 is 1.52 bits per heavy atom. The Balaban J connectivity index is 1.92. The largest absolute Gasteiger partial charge is 0.377 e. The van der Waals surface area contributed by atoms with Crippen LogP contribution in [0.1, 0.15) is 32.9 Å². The van der Waals surface area contributed by atoms with E-state index in [2.05, 4.69) is 47.0 Å². The molecule has 1 N–H and O–H groups in total. The van der Waals surface area contributed by atoms with Crippen LogP contribution in [0, 0.1) is 0 Å². The van der Waals surface area contributed by atoms with Crippen LogP contribution < -0.4 is 10.2 Å². The molecule has 2 aromatic heterocycles. The van der Waals surface area contributed by atoms with Crippen molar-refractivity contribution in [3.8, 4) is 0 Å². The van der Waals surface area contributed by atoms with Gasteiger partial charge < -0.3 is 15.0 Å². The summed E-state index contributed by atoms with van der Waals surface area (Å²) in [5.74, 6) is 1.12. The van der Waals surface area contributed by atoms with Gasteiger partial charge in [0.25, 0.3) is 0 Å². The van der Waals surface area contributed by atoms with Gasteiger partial charge in [-0.1, -0.05) is 13.8 Å². The maximum atomic E-state index is 5.76. The number of nitrogens with one attached hydrogen (secondary N) is 1. The van der Waals surface area contributed by atoms with Crippen molar-refractivity contribution in [2.75, 3.05) is 24.6 Å². The summed E-state index contributed by atoms with van der Waals surface area (Å²) in [5, 5.41) is 5.62. The van der Waals surface area contributed by atoms with Crippen molar-refractivity contribution in [1.82, 2.24) is 14.7 Å². The molecule has 1 aliphatic rings. The monoisotopic (exact) mass is 308 g/mol. The molecule has 3 rings (SSSR count). The lowest BCUT2D eigenvalue weighted by Gasteiger charge is -2.23. The van der Waals surface area contributed by atoms with Crippen molar-refractivity contribution in [2.45, 2.75) is 45.9 Å². The van der Waals surface area contributed by atoms with Gasteiger partial charge in [0.05, 0.1) is 11.8 Å². The maximum absolute atomic E-state index is 5.76. The summed E-state index contributed by atoms with van der Waals surface area (Å²) in [7, 11) is 0. The Kier molecular flexibility index (Phi) is 4.47. The molecule has 1 aliphatic heterocycles. The molecule has 0 saturated carbocycles. The van der Waals surface area contributed by atoms with Crippen molar-refractivity contribution in [2.24, 2.45) is 0 Å². The number of hydrogen-bond donors (Lipinski definition) is 1. The zero-order valence-electron chi connectivity index (χ0n) is 13.0. The quantitative estimate of drug-likeness (QED) is 0.942. The number of anilines is 1. The molecule has 0 amide bonds. The Bertz CT molecular complexity index is 592. The Morgan fingerprint density at radius 3 is 3.19 bits per heavy atom. The van der Waals surface area contributed by atoms with Crippen molar-refractivity contribution >= 4 is 22.1 Å². The predicted octanol–water partition coefficient (Wildman–Crippen LogP) is 2.51. The summed E-state index contributed by atoms with van der Waals surface area (Å²) in [4.78, 5) is 8.32. The lowest BCUT2D eigenvalue weighted by molar-refractivity contribution is 0.0820. The minimum Gasteiger partial charge on any atom is -0.377 e. The smallest absolute Gasteiger partial charge is 0.195 e. The molecular weight excluding hydrogens is 284 g/mol. The highest BCUT2D eigenvalue weighted by molar-refractivity contribution is 7.15. The van der Waals surface area contributed by atoms with E-state index in [1.165, 1.54) is 5.69 Å². The Morgan fingerprint density at radius 2 is 2.38 bits per heavy atom. The second-order valence-corrected chi connectivity index (χ2v) is 6.83. The van der Waals surface area contributed by atoms with Gasteiger partial charge in [-0.15, -0.1) is 11.3 Å². The fourth-order valence-electron chi connectivity index (χ4n) is 2.73. The molecule has 0 spiro atoms. The van der Waals surface area contributed by atoms with Crippen molar-refractivity contribution in [1.29, 1.82) is 0 Å². The fourth-order valence-corrected chi connectivity index (χ4v) is 3.45. The van der Waals surface area contributed by atoms with Crippen molar-refractivity contribution < 1.29 is 4.74 Å². The van der Waals surface area contributed by atoms with E-state index in [1.54, 1.807) is 11.3 Å². The summed E-state index contributed by atoms with van der Waals surface area (Å²) >= 11 is 1.69. The first-order chi connectivity index (χ1) is 10.1. The number of ether oxygens (including phenoxy) is 1. The van der Waals surface area contributed by atoms with Crippen LogP contribution >= 0.6 is 11.3 Å². The Labute approximate surface area is 129 Å². The summed E-state index contributed by atoms with van der Waals surface area (Å²) < 4.78 is 7.97. The SMILES string of the molecule is CC(C)NCc1c(N2CCCOC(C)C2)nc2sccn12. The Hall–Kier alpha value is -1.11. The third-order valence-electron chi connectivity index (χ3n) is 3.77. The average Bonchev–Trinajstić information content (AvgIpc) is 2.94. The van der Waals surface area contributed by atoms with Crippen LogP contribution in [0.25, 0.3) is 4.96 Å². The number of imidazole rings is 1. The van der Waals surface area contributed by atoms with Gasteiger partial charge in [0.15, 0.2) is 10.8 Å². The van der Waals surface area contributed by atoms with Crippen LogP contribution in [-0.4, -0.2) is 41.2 Å². The first kappa shape index (κ1) is 14.8. The third kappa shape index (κ3) is 3.22. The molecule has 6 heteroatoms. The number of hydrogen-bond acceptors (Lipinski definition) is 5. The molecule has 0 radical (unpaired) electrons. The normalized spacial score (nSPS) is 20.4. The van der Waals surface area contributed by atoms with E-state index in [0.717, 1.165) is 43.4 Å². The van der Waals surface area contributed by atoms with Crippen molar-refractivity contribution in [3.63, 3.8) is 0 Å². The lowest BCUT2D eigenvalue weighted by atomic mass is 10.3. The molecule has 116 valence electrons. The second kappa shape index (κ2) is 6.34. The number of aromatic nitrogens is 2. The number of fused-ring (bicyclic) bond motifs is 1. The minimum atomic E-state index is 0.262. The van der Waals surface area contributed by atoms with E-state index < -0.39 is 0 Å². The molecular formula is C15H24N4OS. The third-order valence-corrected chi connectivity index (χ3v) is 4.53. The van der Waals surface area contributed by atoms with Crippen LogP contribution in [0.2, 0.25) is 0 Å². The highest BCUT2D eigenvalue weighted by atomic mass is 32.1. The predicted molar refractivity (Wildman–Crippen MR) is 87.3 cm³/mol. The molecule has 1 atom stereocenters. The topological polar surface area (TPSA) is 41.8 Å². The van der Waals surface area contributed by atoms with Gasteiger partial charge in [0, 0.05) is 43.9 Å². The molecule has 1 saturated heterocycles. The minimum absolute atomic E-state index is 0.262. The van der Waals surface area contributed by atoms with E-state index in [1.807, 2.05) is 0 Å². The van der Waals surface area contributed by atoms with Crippen LogP contribution in [0.3, 0.4) is 0 Å². The highest BCUT2D eigenvalue weighted by Gasteiger charge is 2.22. The first-order valence-electron chi connectivity index (χ1n) is 7.69. The summed E-state index contributed by atoms with van der Waals surface area (Å²) in [5.41, 5.74) is 1.26. The van der Waals surface area contributed by atoms with Gasteiger partial charge in [-0.2, -0.15) is 0 Å². The molecule has 0 aromatic carbocycles. The van der Waals surface area contributed by atoms with Crippen LogP contribution in [0.5, 0.6) is 0 Å². The number of thiazole rings is 1. The second-order valence-electron chi connectivity index (χ2n) is 5.95. The molecule has 5 nitrogen and oxygen atoms in total. The highest BCUT2D eigenvalue weighted by Crippen LogP contribution is 2.26. The number of rotatable bonds is 4. The van der Waals surface area contributed by atoms with Crippen molar-refractivity contribution in [3.05, 3.63) is 17.3 Å². The standard InChI is InChI=1S/C15H24N4OS/c1-11(2)16-9-13-14(17-15-19(13)6-8-21-15)18-5-4-7-20-12(3)10-18/h6,8,11-12,16H,4-5,7,9-10H2,1-3H3. The summed E-state index contributed by atoms with van der Waals surface area (Å²) in [6.07, 6.45) is 3.44. The van der Waals surface area contributed by atoms with E-state index in [-0.39, 0.29) is 6.10 Å². The van der Waals surface area contributed by atoms with E-state index in [9.17, 15) is 0 Å². The molecule has 1 unspecified atom stereocenters. The van der Waals surface area contributed by atoms with Crippen LogP contribution in [-0.2, 0) is 11.3 Å². The van der Waals surface area contributed by atoms with E-state index in [4.69, 9.17) is 9.72 Å². The van der Waals surface area contributed by atoms with Crippen LogP contribution in [0.15, 0.2) is 11.6 Å². The molecule has 1 fully saturated rings. The average molecular weight is 308 g/mol. The first-order valence-corrected chi connectivity index (χ1v) is 8.57. The lowest BCUT2D eigenvalue weighted by Crippen LogP contribution is -2.32. The van der Waals surface area contributed by atoms with Crippen LogP contribution in [0.4, 0.5) is 5.82 Å². The summed E-state index contributed by atoms with van der Waals surface area (Å²) in [6, 6.07) is 0.466. The molecule has 3 heterocycles. The van der Waals surface area contributed by atoms with Gasteiger partial charge in [0.1, 0.15) is 0 Å². The van der Waals surface area contributed by atoms with Gasteiger partial charge in [-0.05, 0) is 13.3 Å². The molecule has 2 aromatic rings. The van der Waals surface area contributed by atoms with Gasteiger partial charge in [0.2, 0.25) is 0 Å². The molecule has 0 bridgehead atoms. The zero-order chi connectivity index (χ0) is 14.8. The molecule has 0 aliphatic carbocycles. The summed E-state index contributed by atoms with van der Waals surface area (Å²) in [6.45, 7) is 10.1. The van der Waals surface area contributed by atoms with Gasteiger partial charge in [-0.3, -0.25) is 4.40 Å².